The van der Waals surface area contributed by atoms with Crippen LogP contribution in [-0.4, -0.2) is 35.3 Å². The Labute approximate surface area is 140 Å². The van der Waals surface area contributed by atoms with Gasteiger partial charge >= 0.3 is 0 Å². The molecular weight excluding hydrogens is 288 g/mol. The second-order valence-electron chi connectivity index (χ2n) is 6.16. The molecule has 1 N–H and O–H groups in total. The first-order chi connectivity index (χ1) is 11.0. The molecule has 0 aliphatic heterocycles. The molecule has 1 aromatic rings. The van der Waals surface area contributed by atoms with Crippen LogP contribution >= 0.6 is 0 Å². The first-order valence-electron chi connectivity index (χ1n) is 8.63. The summed E-state index contributed by atoms with van der Waals surface area (Å²) in [5.74, 6) is 0.00852. The fourth-order valence-corrected chi connectivity index (χ4v) is 2.63. The summed E-state index contributed by atoms with van der Waals surface area (Å²) in [4.78, 5) is 26.7. The summed E-state index contributed by atoms with van der Waals surface area (Å²) < 4.78 is 0. The Morgan fingerprint density at radius 3 is 2.30 bits per heavy atom. The van der Waals surface area contributed by atoms with Gasteiger partial charge in [0.2, 0.25) is 11.8 Å². The van der Waals surface area contributed by atoms with Crippen LogP contribution in [0.15, 0.2) is 30.3 Å². The minimum Gasteiger partial charge on any atom is -0.352 e. The number of nitrogens with zero attached hydrogens (tertiary/aromatic N) is 1. The zero-order valence-corrected chi connectivity index (χ0v) is 14.8. The maximum atomic E-state index is 12.5. The summed E-state index contributed by atoms with van der Waals surface area (Å²) in [6.45, 7) is 8.40. The highest BCUT2D eigenvalue weighted by Gasteiger charge is 2.27. The third kappa shape index (κ3) is 6.43. The van der Waals surface area contributed by atoms with Gasteiger partial charge in [0.15, 0.2) is 0 Å². The van der Waals surface area contributed by atoms with Crippen molar-refractivity contribution in [3.63, 3.8) is 0 Å². The van der Waals surface area contributed by atoms with Crippen molar-refractivity contribution >= 4 is 11.8 Å². The van der Waals surface area contributed by atoms with Crippen LogP contribution in [0.1, 0.15) is 52.5 Å². The Morgan fingerprint density at radius 1 is 1.13 bits per heavy atom. The van der Waals surface area contributed by atoms with E-state index in [1.165, 1.54) is 5.56 Å². The summed E-state index contributed by atoms with van der Waals surface area (Å²) >= 11 is 0. The molecule has 0 saturated carbocycles. The minimum atomic E-state index is -0.389. The molecule has 0 fully saturated rings. The van der Waals surface area contributed by atoms with Gasteiger partial charge in [-0.1, -0.05) is 44.2 Å². The lowest BCUT2D eigenvalue weighted by atomic mass is 10.1. The highest BCUT2D eigenvalue weighted by molar-refractivity contribution is 5.87. The largest absolute Gasteiger partial charge is 0.352 e. The van der Waals surface area contributed by atoms with Crippen molar-refractivity contribution in [2.24, 2.45) is 0 Å². The van der Waals surface area contributed by atoms with E-state index in [0.29, 0.717) is 19.4 Å². The quantitative estimate of drug-likeness (QED) is 0.760. The molecule has 0 aliphatic rings. The lowest BCUT2D eigenvalue weighted by Crippen LogP contribution is -2.51. The second kappa shape index (κ2) is 10.0. The maximum absolute atomic E-state index is 12.5. The van der Waals surface area contributed by atoms with E-state index in [1.807, 2.05) is 45.9 Å². The van der Waals surface area contributed by atoms with Crippen molar-refractivity contribution in [3.8, 4) is 0 Å². The van der Waals surface area contributed by atoms with Gasteiger partial charge in [-0.15, -0.1) is 0 Å². The van der Waals surface area contributed by atoms with E-state index < -0.39 is 0 Å². The van der Waals surface area contributed by atoms with Crippen molar-refractivity contribution in [2.45, 2.75) is 65.5 Å². The van der Waals surface area contributed by atoms with Crippen LogP contribution in [0.2, 0.25) is 0 Å². The number of nitrogens with one attached hydrogen (secondary N) is 1. The Balaban J connectivity index is 2.84. The molecule has 0 radical (unpaired) electrons. The van der Waals surface area contributed by atoms with Crippen molar-refractivity contribution in [3.05, 3.63) is 35.9 Å². The molecule has 1 aromatic carbocycles. The van der Waals surface area contributed by atoms with Crippen LogP contribution < -0.4 is 5.32 Å². The number of hydrogen-bond acceptors (Lipinski definition) is 2. The lowest BCUT2D eigenvalue weighted by Gasteiger charge is -2.31. The standard InChI is InChI=1S/C19H30N2O2/c1-5-10-18(22)21(14-13-16-11-8-7-9-12-16)17(6-2)19(23)20-15(3)4/h7-9,11-12,15,17H,5-6,10,13-14H2,1-4H3,(H,20,23)/t17-/m0/s1. The Hall–Kier alpha value is -1.84. The molecule has 1 rings (SSSR count). The van der Waals surface area contributed by atoms with Gasteiger partial charge in [-0.05, 0) is 38.7 Å². The van der Waals surface area contributed by atoms with Crippen LogP contribution in [0.4, 0.5) is 0 Å². The second-order valence-corrected chi connectivity index (χ2v) is 6.16. The van der Waals surface area contributed by atoms with Gasteiger partial charge in [-0.2, -0.15) is 0 Å². The predicted octanol–water partition coefficient (Wildman–Crippen LogP) is 3.16. The Bertz CT molecular complexity index is 485. The fourth-order valence-electron chi connectivity index (χ4n) is 2.63. The van der Waals surface area contributed by atoms with E-state index in [9.17, 15) is 9.59 Å². The van der Waals surface area contributed by atoms with Gasteiger partial charge in [0.1, 0.15) is 6.04 Å². The molecule has 23 heavy (non-hydrogen) atoms. The number of amides is 2. The van der Waals surface area contributed by atoms with Crippen molar-refractivity contribution in [1.82, 2.24) is 10.2 Å². The van der Waals surface area contributed by atoms with Gasteiger partial charge in [-0.25, -0.2) is 0 Å². The number of hydrogen-bond donors (Lipinski definition) is 1. The zero-order chi connectivity index (χ0) is 17.2. The summed E-state index contributed by atoms with van der Waals surface area (Å²) in [6, 6.07) is 9.77. The number of carbonyl (C=O) groups is 2. The van der Waals surface area contributed by atoms with E-state index in [4.69, 9.17) is 0 Å². The monoisotopic (exact) mass is 318 g/mol. The van der Waals surface area contributed by atoms with E-state index in [2.05, 4.69) is 17.4 Å². The van der Waals surface area contributed by atoms with E-state index in [-0.39, 0.29) is 23.9 Å². The van der Waals surface area contributed by atoms with Gasteiger partial charge in [0.05, 0.1) is 0 Å². The summed E-state index contributed by atoms with van der Waals surface area (Å²) in [5.41, 5.74) is 1.18. The zero-order valence-electron chi connectivity index (χ0n) is 14.8. The van der Waals surface area contributed by atoms with Gasteiger partial charge in [-0.3, -0.25) is 9.59 Å². The number of rotatable bonds is 9. The first-order valence-corrected chi connectivity index (χ1v) is 8.63. The molecular formula is C19H30N2O2. The van der Waals surface area contributed by atoms with Gasteiger partial charge in [0, 0.05) is 19.0 Å². The van der Waals surface area contributed by atoms with E-state index >= 15 is 0 Å². The highest BCUT2D eigenvalue weighted by Crippen LogP contribution is 2.11. The number of carbonyl (C=O) groups excluding carboxylic acids is 2. The number of benzene rings is 1. The molecule has 0 heterocycles. The van der Waals surface area contributed by atoms with E-state index in [0.717, 1.165) is 12.8 Å². The smallest absolute Gasteiger partial charge is 0.242 e. The van der Waals surface area contributed by atoms with Crippen LogP contribution in [-0.2, 0) is 16.0 Å². The average Bonchev–Trinajstić information content (AvgIpc) is 2.51. The lowest BCUT2D eigenvalue weighted by molar-refractivity contribution is -0.141. The van der Waals surface area contributed by atoms with E-state index in [1.54, 1.807) is 4.90 Å². The topological polar surface area (TPSA) is 49.4 Å². The Morgan fingerprint density at radius 2 is 1.78 bits per heavy atom. The van der Waals surface area contributed by atoms with Crippen molar-refractivity contribution in [2.75, 3.05) is 6.54 Å². The van der Waals surface area contributed by atoms with Crippen LogP contribution in [0.3, 0.4) is 0 Å². The maximum Gasteiger partial charge on any atom is 0.242 e. The fraction of sp³-hybridized carbons (Fsp3) is 0.579. The minimum absolute atomic E-state index is 0.0555. The first kappa shape index (κ1) is 19.2. The SMILES string of the molecule is CCCC(=O)N(CCc1ccccc1)[C@@H](CC)C(=O)NC(C)C. The molecule has 0 aliphatic carbocycles. The van der Waals surface area contributed by atoms with Crippen LogP contribution in [0.5, 0.6) is 0 Å². The van der Waals surface area contributed by atoms with Crippen LogP contribution in [0, 0.1) is 0 Å². The van der Waals surface area contributed by atoms with Gasteiger partial charge in [0.25, 0.3) is 0 Å². The average molecular weight is 318 g/mol. The van der Waals surface area contributed by atoms with Crippen LogP contribution in [0.25, 0.3) is 0 Å². The summed E-state index contributed by atoms with van der Waals surface area (Å²) in [7, 11) is 0. The Kier molecular flexibility index (Phi) is 8.38. The van der Waals surface area contributed by atoms with Crippen molar-refractivity contribution in [1.29, 1.82) is 0 Å². The molecule has 4 heteroatoms. The van der Waals surface area contributed by atoms with Crippen molar-refractivity contribution < 1.29 is 9.59 Å². The normalized spacial score (nSPS) is 12.0. The highest BCUT2D eigenvalue weighted by atomic mass is 16.2. The molecule has 128 valence electrons. The molecule has 0 unspecified atom stereocenters. The molecule has 0 saturated heterocycles. The molecule has 4 nitrogen and oxygen atoms in total. The molecule has 0 bridgehead atoms. The molecule has 0 aromatic heterocycles. The summed E-state index contributed by atoms with van der Waals surface area (Å²) in [5, 5.41) is 2.94. The third-order valence-corrected chi connectivity index (χ3v) is 3.76. The molecule has 0 spiro atoms. The molecule has 2 amide bonds. The third-order valence-electron chi connectivity index (χ3n) is 3.76. The predicted molar refractivity (Wildman–Crippen MR) is 94.1 cm³/mol. The summed E-state index contributed by atoms with van der Waals surface area (Å²) in [6.07, 6.45) is 2.67. The molecule has 1 atom stereocenters. The van der Waals surface area contributed by atoms with Gasteiger partial charge < -0.3 is 10.2 Å².